The molecule has 1 N–H and O–H groups in total. The van der Waals surface area contributed by atoms with Gasteiger partial charge in [-0.1, -0.05) is 60.7 Å². The van der Waals surface area contributed by atoms with Crippen molar-refractivity contribution in [2.45, 2.75) is 25.9 Å². The van der Waals surface area contributed by atoms with Crippen LogP contribution in [0.1, 0.15) is 16.7 Å². The molecule has 3 aromatic carbocycles. The molecule has 2 amide bonds. The van der Waals surface area contributed by atoms with Crippen molar-refractivity contribution in [3.05, 3.63) is 95.6 Å². The number of carbonyl (C=O) groups is 2. The molecule has 0 saturated heterocycles. The highest BCUT2D eigenvalue weighted by molar-refractivity contribution is 7.92. The van der Waals surface area contributed by atoms with Gasteiger partial charge < -0.3 is 15.0 Å². The number of amides is 2. The normalized spacial score (nSPS) is 11.9. The number of sulfonamides is 1. The van der Waals surface area contributed by atoms with E-state index >= 15 is 0 Å². The van der Waals surface area contributed by atoms with E-state index in [-0.39, 0.29) is 18.9 Å². The quantitative estimate of drug-likeness (QED) is 0.417. The van der Waals surface area contributed by atoms with Gasteiger partial charge in [-0.05, 0) is 35.7 Å². The van der Waals surface area contributed by atoms with Crippen LogP contribution in [-0.4, -0.2) is 58.1 Å². The summed E-state index contributed by atoms with van der Waals surface area (Å²) in [6.07, 6.45) is 1.32. The van der Waals surface area contributed by atoms with Gasteiger partial charge in [-0.3, -0.25) is 13.9 Å². The number of hydrogen-bond donors (Lipinski definition) is 1. The van der Waals surface area contributed by atoms with Gasteiger partial charge in [-0.2, -0.15) is 0 Å². The molecular formula is C28H33N3O5S. The van der Waals surface area contributed by atoms with E-state index in [0.717, 1.165) is 27.3 Å². The van der Waals surface area contributed by atoms with Crippen LogP contribution < -0.4 is 14.4 Å². The fourth-order valence-corrected chi connectivity index (χ4v) is 4.91. The fourth-order valence-electron chi connectivity index (χ4n) is 4.07. The number of carbonyl (C=O) groups excluding carboxylic acids is 2. The maximum absolute atomic E-state index is 13.9. The lowest BCUT2D eigenvalue weighted by molar-refractivity contribution is -0.139. The first kappa shape index (κ1) is 27.7. The minimum Gasteiger partial charge on any atom is -0.497 e. The Labute approximate surface area is 218 Å². The second-order valence-electron chi connectivity index (χ2n) is 8.74. The van der Waals surface area contributed by atoms with Crippen molar-refractivity contribution >= 4 is 27.5 Å². The van der Waals surface area contributed by atoms with Crippen LogP contribution >= 0.6 is 0 Å². The number of ether oxygens (including phenoxy) is 1. The van der Waals surface area contributed by atoms with Gasteiger partial charge in [-0.15, -0.1) is 0 Å². The maximum atomic E-state index is 13.9. The van der Waals surface area contributed by atoms with Gasteiger partial charge in [0.1, 0.15) is 18.3 Å². The highest BCUT2D eigenvalue weighted by Gasteiger charge is 2.32. The molecule has 0 radical (unpaired) electrons. The van der Waals surface area contributed by atoms with E-state index in [1.165, 1.54) is 19.1 Å². The van der Waals surface area contributed by atoms with Crippen molar-refractivity contribution in [2.24, 2.45) is 0 Å². The zero-order valence-electron chi connectivity index (χ0n) is 21.5. The Balaban J connectivity index is 2.04. The highest BCUT2D eigenvalue weighted by Crippen LogP contribution is 2.24. The topological polar surface area (TPSA) is 96.0 Å². The number of nitrogens with one attached hydrogen (secondary N) is 1. The van der Waals surface area contributed by atoms with E-state index in [1.54, 1.807) is 24.3 Å². The molecule has 0 aliphatic carbocycles. The average Bonchev–Trinajstić information content (AvgIpc) is 2.89. The van der Waals surface area contributed by atoms with E-state index < -0.39 is 28.5 Å². The molecule has 0 spiro atoms. The van der Waals surface area contributed by atoms with Crippen LogP contribution in [0.3, 0.4) is 0 Å². The Hall–Kier alpha value is -3.85. The zero-order chi connectivity index (χ0) is 27.0. The summed E-state index contributed by atoms with van der Waals surface area (Å²) < 4.78 is 31.9. The van der Waals surface area contributed by atoms with Crippen molar-refractivity contribution in [3.63, 3.8) is 0 Å². The molecule has 0 aliphatic heterocycles. The van der Waals surface area contributed by atoms with Crippen LogP contribution in [0.15, 0.2) is 78.9 Å². The second kappa shape index (κ2) is 12.4. The van der Waals surface area contributed by atoms with Gasteiger partial charge >= 0.3 is 0 Å². The van der Waals surface area contributed by atoms with E-state index in [2.05, 4.69) is 5.32 Å². The zero-order valence-corrected chi connectivity index (χ0v) is 22.4. The number of likely N-dealkylation sites (N-methyl/N-ethyl adjacent to an activating group) is 1. The summed E-state index contributed by atoms with van der Waals surface area (Å²) in [6, 6.07) is 22.7. The molecule has 0 aromatic heterocycles. The number of benzene rings is 3. The molecular weight excluding hydrogens is 490 g/mol. The maximum Gasteiger partial charge on any atom is 0.244 e. The molecule has 0 fully saturated rings. The molecule has 0 heterocycles. The van der Waals surface area contributed by atoms with Gasteiger partial charge in [-0.25, -0.2) is 8.42 Å². The highest BCUT2D eigenvalue weighted by atomic mass is 32.2. The summed E-state index contributed by atoms with van der Waals surface area (Å²) in [4.78, 5) is 28.5. The Bertz CT molecular complexity index is 1330. The van der Waals surface area contributed by atoms with Crippen molar-refractivity contribution in [2.75, 3.05) is 31.3 Å². The van der Waals surface area contributed by atoms with Crippen LogP contribution in [0.4, 0.5) is 5.69 Å². The SMILES string of the molecule is CNC(=O)C(Cc1ccccc1)N(Cc1ccccc1C)C(=O)CN(c1cccc(OC)c1)S(C)(=O)=O. The lowest BCUT2D eigenvalue weighted by Gasteiger charge is -2.33. The minimum atomic E-state index is -3.83. The second-order valence-corrected chi connectivity index (χ2v) is 10.6. The predicted octanol–water partition coefficient (Wildman–Crippen LogP) is 3.16. The molecule has 1 unspecified atom stereocenters. The summed E-state index contributed by atoms with van der Waals surface area (Å²) >= 11 is 0. The third kappa shape index (κ3) is 7.33. The van der Waals surface area contributed by atoms with Crippen LogP contribution in [0.25, 0.3) is 0 Å². The fraction of sp³-hybridized carbons (Fsp3) is 0.286. The molecule has 196 valence electrons. The van der Waals surface area contributed by atoms with Crippen molar-refractivity contribution in [1.29, 1.82) is 0 Å². The molecule has 0 saturated carbocycles. The van der Waals surface area contributed by atoms with Crippen molar-refractivity contribution in [1.82, 2.24) is 10.2 Å². The van der Waals surface area contributed by atoms with Crippen LogP contribution in [-0.2, 0) is 32.6 Å². The Kier molecular flexibility index (Phi) is 9.30. The first-order valence-electron chi connectivity index (χ1n) is 11.8. The minimum absolute atomic E-state index is 0.145. The summed E-state index contributed by atoms with van der Waals surface area (Å²) in [5, 5.41) is 2.67. The van der Waals surface area contributed by atoms with E-state index in [4.69, 9.17) is 4.74 Å². The van der Waals surface area contributed by atoms with Crippen molar-refractivity contribution in [3.8, 4) is 5.75 Å². The Morgan fingerprint density at radius 1 is 0.973 bits per heavy atom. The Morgan fingerprint density at radius 2 is 1.65 bits per heavy atom. The number of hydrogen-bond acceptors (Lipinski definition) is 5. The number of anilines is 1. The van der Waals surface area contributed by atoms with Crippen LogP contribution in [0, 0.1) is 6.92 Å². The lowest BCUT2D eigenvalue weighted by atomic mass is 10.0. The number of aryl methyl sites for hydroxylation is 1. The number of methoxy groups -OCH3 is 1. The van der Waals surface area contributed by atoms with Gasteiger partial charge in [0, 0.05) is 26.1 Å². The van der Waals surface area contributed by atoms with E-state index in [1.807, 2.05) is 61.5 Å². The van der Waals surface area contributed by atoms with Gasteiger partial charge in [0.25, 0.3) is 0 Å². The largest absolute Gasteiger partial charge is 0.497 e. The molecule has 0 bridgehead atoms. The summed E-state index contributed by atoms with van der Waals surface area (Å²) in [5.74, 6) is -0.373. The smallest absolute Gasteiger partial charge is 0.244 e. The summed E-state index contributed by atoms with van der Waals surface area (Å²) in [6.45, 7) is 1.61. The third-order valence-electron chi connectivity index (χ3n) is 6.14. The molecule has 1 atom stereocenters. The molecule has 0 aliphatic rings. The first-order chi connectivity index (χ1) is 17.6. The third-order valence-corrected chi connectivity index (χ3v) is 7.28. The lowest BCUT2D eigenvalue weighted by Crippen LogP contribution is -2.53. The molecule has 9 heteroatoms. The first-order valence-corrected chi connectivity index (χ1v) is 13.7. The molecule has 3 aromatic rings. The summed E-state index contributed by atoms with van der Waals surface area (Å²) in [5.41, 5.74) is 3.01. The molecule has 8 nitrogen and oxygen atoms in total. The Morgan fingerprint density at radius 3 is 2.27 bits per heavy atom. The van der Waals surface area contributed by atoms with Crippen LogP contribution in [0.5, 0.6) is 5.75 Å². The summed E-state index contributed by atoms with van der Waals surface area (Å²) in [7, 11) is -0.827. The number of rotatable bonds is 11. The van der Waals surface area contributed by atoms with Gasteiger partial charge in [0.05, 0.1) is 19.1 Å². The average molecular weight is 524 g/mol. The monoisotopic (exact) mass is 523 g/mol. The van der Waals surface area contributed by atoms with Gasteiger partial charge in [0.15, 0.2) is 0 Å². The van der Waals surface area contributed by atoms with E-state index in [9.17, 15) is 18.0 Å². The van der Waals surface area contributed by atoms with E-state index in [0.29, 0.717) is 11.4 Å². The number of nitrogens with zero attached hydrogens (tertiary/aromatic N) is 2. The van der Waals surface area contributed by atoms with Gasteiger partial charge in [0.2, 0.25) is 21.8 Å². The predicted molar refractivity (Wildman–Crippen MR) is 145 cm³/mol. The van der Waals surface area contributed by atoms with Crippen LogP contribution in [0.2, 0.25) is 0 Å². The molecule has 3 rings (SSSR count). The molecule has 37 heavy (non-hydrogen) atoms. The standard InChI is InChI=1S/C28H33N3O5S/c1-21-11-8-9-14-23(21)19-30(26(28(33)29-2)17-22-12-6-5-7-13-22)27(32)20-31(37(4,34)35)24-15-10-16-25(18-24)36-3/h5-16,18,26H,17,19-20H2,1-4H3,(H,29,33). The van der Waals surface area contributed by atoms with Crippen molar-refractivity contribution < 1.29 is 22.7 Å².